The van der Waals surface area contributed by atoms with Crippen LogP contribution < -0.4 is 0 Å². The molecular weight excluding hydrogens is 292 g/mol. The Kier molecular flexibility index (Phi) is 3.28. The largest absolute Gasteiger partial charge is 0.340 e. The van der Waals surface area contributed by atoms with Crippen molar-refractivity contribution >= 4 is 5.91 Å². The fraction of sp³-hybridized carbons (Fsp3) is 0.588. The predicted octanol–water partition coefficient (Wildman–Crippen LogP) is 2.85. The Hall–Kier alpha value is -2.11. The van der Waals surface area contributed by atoms with Crippen molar-refractivity contribution in [3.05, 3.63) is 36.2 Å². The highest BCUT2D eigenvalue weighted by atomic mass is 16.5. The van der Waals surface area contributed by atoms with Crippen LogP contribution in [0.5, 0.6) is 0 Å². The van der Waals surface area contributed by atoms with E-state index < -0.39 is 5.54 Å². The van der Waals surface area contributed by atoms with Gasteiger partial charge in [0.25, 0.3) is 0 Å². The molecule has 23 heavy (non-hydrogen) atoms. The zero-order valence-electron chi connectivity index (χ0n) is 13.6. The number of rotatable bonds is 4. The van der Waals surface area contributed by atoms with Crippen LogP contribution in [0, 0.1) is 0 Å². The first-order chi connectivity index (χ1) is 11.1. The lowest BCUT2D eigenvalue weighted by atomic mass is 10.0. The highest BCUT2D eigenvalue weighted by Gasteiger charge is 2.41. The van der Waals surface area contributed by atoms with Gasteiger partial charge in [-0.1, -0.05) is 5.16 Å². The Balaban J connectivity index is 1.58. The molecule has 6 nitrogen and oxygen atoms in total. The molecule has 3 heterocycles. The van der Waals surface area contributed by atoms with Gasteiger partial charge in [-0.3, -0.25) is 4.79 Å². The zero-order chi connectivity index (χ0) is 16.0. The minimum Gasteiger partial charge on any atom is -0.340 e. The van der Waals surface area contributed by atoms with Crippen molar-refractivity contribution in [1.82, 2.24) is 19.6 Å². The summed E-state index contributed by atoms with van der Waals surface area (Å²) in [5, 5.41) is 4.10. The molecule has 4 rings (SSSR count). The Labute approximate surface area is 135 Å². The van der Waals surface area contributed by atoms with Crippen molar-refractivity contribution < 1.29 is 9.32 Å². The van der Waals surface area contributed by atoms with E-state index in [1.807, 2.05) is 47.8 Å². The van der Waals surface area contributed by atoms with Gasteiger partial charge in [0, 0.05) is 24.9 Å². The van der Waals surface area contributed by atoms with Crippen molar-refractivity contribution in [2.45, 2.75) is 57.0 Å². The number of hydrogen-bond acceptors (Lipinski definition) is 4. The maximum absolute atomic E-state index is 13.1. The van der Waals surface area contributed by atoms with Crippen LogP contribution in [-0.2, 0) is 10.3 Å². The van der Waals surface area contributed by atoms with Crippen LogP contribution in [0.2, 0.25) is 0 Å². The van der Waals surface area contributed by atoms with E-state index in [1.165, 1.54) is 0 Å². The molecule has 0 N–H and O–H groups in total. The van der Waals surface area contributed by atoms with Crippen LogP contribution in [0.3, 0.4) is 0 Å². The summed E-state index contributed by atoms with van der Waals surface area (Å²) in [7, 11) is 0. The Morgan fingerprint density at radius 1 is 1.26 bits per heavy atom. The summed E-state index contributed by atoms with van der Waals surface area (Å²) in [6, 6.07) is 3.80. The topological polar surface area (TPSA) is 64.2 Å². The first-order valence-electron chi connectivity index (χ1n) is 8.35. The minimum absolute atomic E-state index is 0.0858. The van der Waals surface area contributed by atoms with E-state index in [2.05, 4.69) is 10.1 Å². The molecule has 0 bridgehead atoms. The number of carbonyl (C=O) groups is 1. The first-order valence-corrected chi connectivity index (χ1v) is 8.35. The lowest BCUT2D eigenvalue weighted by Crippen LogP contribution is -2.46. The summed E-state index contributed by atoms with van der Waals surface area (Å²) in [5.74, 6) is 1.97. The van der Waals surface area contributed by atoms with Gasteiger partial charge in [-0.15, -0.1) is 0 Å². The van der Waals surface area contributed by atoms with Crippen molar-refractivity contribution in [3.63, 3.8) is 0 Å². The molecule has 0 radical (unpaired) electrons. The molecule has 2 fully saturated rings. The summed E-state index contributed by atoms with van der Waals surface area (Å²) < 4.78 is 7.42. The minimum atomic E-state index is -0.620. The summed E-state index contributed by atoms with van der Waals surface area (Å²) in [5.41, 5.74) is -0.620. The molecule has 122 valence electrons. The highest BCUT2D eigenvalue weighted by Crippen LogP contribution is 2.40. The molecule has 1 aliphatic carbocycles. The van der Waals surface area contributed by atoms with E-state index in [1.54, 1.807) is 0 Å². The van der Waals surface area contributed by atoms with E-state index in [0.29, 0.717) is 11.8 Å². The van der Waals surface area contributed by atoms with Crippen molar-refractivity contribution in [3.8, 4) is 0 Å². The van der Waals surface area contributed by atoms with Gasteiger partial charge in [-0.25, -0.2) is 0 Å². The normalized spacial score (nSPS) is 21.8. The third kappa shape index (κ3) is 2.46. The number of aromatic nitrogens is 3. The van der Waals surface area contributed by atoms with Crippen LogP contribution in [0.15, 0.2) is 29.0 Å². The van der Waals surface area contributed by atoms with Crippen LogP contribution in [0.4, 0.5) is 0 Å². The summed E-state index contributed by atoms with van der Waals surface area (Å²) in [6.07, 6.45) is 8.01. The molecule has 1 aliphatic heterocycles. The quantitative estimate of drug-likeness (QED) is 0.870. The molecule has 6 heteroatoms. The molecule has 1 saturated heterocycles. The summed E-state index contributed by atoms with van der Waals surface area (Å²) >= 11 is 0. The second kappa shape index (κ2) is 5.22. The van der Waals surface area contributed by atoms with Gasteiger partial charge in [0.1, 0.15) is 11.6 Å². The smallest absolute Gasteiger partial charge is 0.249 e. The van der Waals surface area contributed by atoms with Crippen LogP contribution in [0.25, 0.3) is 0 Å². The zero-order valence-corrected chi connectivity index (χ0v) is 13.6. The number of nitrogens with zero attached hydrogens (tertiary/aromatic N) is 4. The van der Waals surface area contributed by atoms with Gasteiger partial charge in [0.05, 0.1) is 0 Å². The monoisotopic (exact) mass is 314 g/mol. The van der Waals surface area contributed by atoms with Gasteiger partial charge >= 0.3 is 0 Å². The van der Waals surface area contributed by atoms with E-state index in [4.69, 9.17) is 4.52 Å². The fourth-order valence-electron chi connectivity index (χ4n) is 3.33. The Bertz CT molecular complexity index is 700. The number of likely N-dealkylation sites (tertiary alicyclic amines) is 1. The van der Waals surface area contributed by atoms with Gasteiger partial charge in [0.2, 0.25) is 11.8 Å². The lowest BCUT2D eigenvalue weighted by molar-refractivity contribution is -0.140. The molecule has 0 spiro atoms. The first kappa shape index (κ1) is 14.5. The van der Waals surface area contributed by atoms with Crippen molar-refractivity contribution in [1.29, 1.82) is 0 Å². The maximum Gasteiger partial charge on any atom is 0.249 e. The molecule has 2 aromatic rings. The van der Waals surface area contributed by atoms with Crippen LogP contribution >= 0.6 is 0 Å². The molecule has 1 atom stereocenters. The van der Waals surface area contributed by atoms with Gasteiger partial charge in [-0.05, 0) is 51.7 Å². The van der Waals surface area contributed by atoms with E-state index in [9.17, 15) is 4.79 Å². The highest BCUT2D eigenvalue weighted by molar-refractivity contribution is 5.84. The molecule has 1 amide bonds. The number of amides is 1. The molecule has 2 aromatic heterocycles. The average molecular weight is 314 g/mol. The molecule has 1 saturated carbocycles. The predicted molar refractivity (Wildman–Crippen MR) is 83.7 cm³/mol. The summed E-state index contributed by atoms with van der Waals surface area (Å²) in [4.78, 5) is 19.6. The molecular formula is C17H22N4O2. The van der Waals surface area contributed by atoms with Crippen molar-refractivity contribution in [2.75, 3.05) is 6.54 Å². The second-order valence-electron chi connectivity index (χ2n) is 7.07. The Morgan fingerprint density at radius 3 is 2.70 bits per heavy atom. The van der Waals surface area contributed by atoms with Gasteiger partial charge in [0.15, 0.2) is 5.82 Å². The molecule has 0 aromatic carbocycles. The lowest BCUT2D eigenvalue weighted by Gasteiger charge is -2.33. The van der Waals surface area contributed by atoms with E-state index in [0.717, 1.165) is 38.1 Å². The SMILES string of the molecule is CC(C)(C(=O)N1CCC[C@H]1c1nc(C2CC2)no1)n1cccc1. The number of hydrogen-bond donors (Lipinski definition) is 0. The van der Waals surface area contributed by atoms with E-state index in [-0.39, 0.29) is 11.9 Å². The van der Waals surface area contributed by atoms with Crippen molar-refractivity contribution in [2.24, 2.45) is 0 Å². The third-order valence-electron chi connectivity index (χ3n) is 4.97. The summed E-state index contributed by atoms with van der Waals surface area (Å²) in [6.45, 7) is 4.65. The van der Waals surface area contributed by atoms with Gasteiger partial charge in [-0.2, -0.15) is 4.98 Å². The standard InChI is InChI=1S/C17H22N4O2/c1-17(2,20-9-3-4-10-20)16(22)21-11-5-6-13(21)15-18-14(19-23-15)12-7-8-12/h3-4,9-10,12-13H,5-8,11H2,1-2H3/t13-/m0/s1. The second-order valence-corrected chi connectivity index (χ2v) is 7.07. The van der Waals surface area contributed by atoms with E-state index >= 15 is 0 Å². The molecule has 0 unspecified atom stereocenters. The molecule has 2 aliphatic rings. The van der Waals surface area contributed by atoms with Crippen LogP contribution in [0.1, 0.15) is 63.2 Å². The van der Waals surface area contributed by atoms with Gasteiger partial charge < -0.3 is 14.0 Å². The third-order valence-corrected chi connectivity index (χ3v) is 4.97. The Morgan fingerprint density at radius 2 is 2.00 bits per heavy atom. The maximum atomic E-state index is 13.1. The fourth-order valence-corrected chi connectivity index (χ4v) is 3.33. The average Bonchev–Trinajstić information content (AvgIpc) is 3.04. The number of carbonyl (C=O) groups excluding carboxylic acids is 1. The van der Waals surface area contributed by atoms with Crippen LogP contribution in [-0.4, -0.2) is 32.1 Å².